The van der Waals surface area contributed by atoms with Gasteiger partial charge in [0.1, 0.15) is 0 Å². The Labute approximate surface area is 150 Å². The Kier molecular flexibility index (Phi) is 3.04. The van der Waals surface area contributed by atoms with Crippen molar-refractivity contribution in [1.82, 2.24) is 0 Å². The average Bonchev–Trinajstić information content (AvgIpc) is 2.59. The lowest BCUT2D eigenvalue weighted by molar-refractivity contribution is 0.620. The zero-order valence-corrected chi connectivity index (χ0v) is 15.5. The maximum absolute atomic E-state index is 2.44. The summed E-state index contributed by atoms with van der Waals surface area (Å²) in [6.45, 7) is 9.09. The van der Waals surface area contributed by atoms with Crippen LogP contribution in [0.5, 0.6) is 0 Å². The van der Waals surface area contributed by atoms with Crippen LogP contribution in [0.2, 0.25) is 0 Å². The summed E-state index contributed by atoms with van der Waals surface area (Å²) in [5.74, 6) is 1.02. The normalized spacial score (nSPS) is 20.0. The van der Waals surface area contributed by atoms with Crippen LogP contribution < -0.4 is 0 Å². The molecule has 0 heteroatoms. The molecule has 0 saturated carbocycles. The fraction of sp³-hybridized carbons (Fsp3) is 0.280. The van der Waals surface area contributed by atoms with E-state index in [4.69, 9.17) is 0 Å². The highest BCUT2D eigenvalue weighted by Gasteiger charge is 2.34. The molecule has 0 nitrogen and oxygen atoms in total. The van der Waals surface area contributed by atoms with Crippen LogP contribution in [0.25, 0.3) is 28.0 Å². The molecule has 0 fully saturated rings. The third-order valence-corrected chi connectivity index (χ3v) is 6.09. The van der Waals surface area contributed by atoms with Crippen molar-refractivity contribution in [2.24, 2.45) is 5.92 Å². The van der Waals surface area contributed by atoms with Crippen LogP contribution in [0, 0.1) is 19.8 Å². The fourth-order valence-corrected chi connectivity index (χ4v) is 5.03. The van der Waals surface area contributed by atoms with Crippen molar-refractivity contribution < 1.29 is 0 Å². The van der Waals surface area contributed by atoms with Crippen molar-refractivity contribution in [3.05, 3.63) is 75.9 Å². The summed E-state index contributed by atoms with van der Waals surface area (Å²) in [6.07, 6.45) is 5.82. The van der Waals surface area contributed by atoms with Crippen LogP contribution in [-0.4, -0.2) is 0 Å². The SMILES string of the molecule is CCc1cc2c3c(cc(C)cc3c1)C1c3c(cc(C)cc3-2)C=CC1C. The van der Waals surface area contributed by atoms with E-state index in [2.05, 4.69) is 76.2 Å². The van der Waals surface area contributed by atoms with Gasteiger partial charge in [-0.1, -0.05) is 68.0 Å². The second-order valence-corrected chi connectivity index (χ2v) is 7.96. The Hall–Kier alpha value is -2.34. The molecule has 0 aliphatic heterocycles. The van der Waals surface area contributed by atoms with Gasteiger partial charge in [-0.05, 0) is 75.9 Å². The summed E-state index contributed by atoms with van der Waals surface area (Å²) >= 11 is 0. The molecule has 2 atom stereocenters. The summed E-state index contributed by atoms with van der Waals surface area (Å²) in [7, 11) is 0. The van der Waals surface area contributed by atoms with Crippen molar-refractivity contribution in [1.29, 1.82) is 0 Å². The van der Waals surface area contributed by atoms with Crippen molar-refractivity contribution >= 4 is 16.8 Å². The summed E-state index contributed by atoms with van der Waals surface area (Å²) in [4.78, 5) is 0. The first-order valence-corrected chi connectivity index (χ1v) is 9.47. The van der Waals surface area contributed by atoms with Gasteiger partial charge in [-0.15, -0.1) is 0 Å². The monoisotopic (exact) mass is 324 g/mol. The Balaban J connectivity index is 2.01. The van der Waals surface area contributed by atoms with Crippen LogP contribution in [0.3, 0.4) is 0 Å². The molecule has 3 aromatic rings. The van der Waals surface area contributed by atoms with E-state index in [1.807, 2.05) is 0 Å². The standard InChI is InChI=1S/C25H24/c1-5-17-12-19-9-15(3)11-22-23-16(4)6-7-18-8-14(2)10-20(25(18)23)21(13-17)24(19)22/h6-13,16,23H,5H2,1-4H3. The molecule has 0 heterocycles. The molecule has 0 spiro atoms. The van der Waals surface area contributed by atoms with E-state index in [0.29, 0.717) is 11.8 Å². The molecular formula is C25H24. The Bertz CT molecular complexity index is 1070. The van der Waals surface area contributed by atoms with Gasteiger partial charge in [0, 0.05) is 5.92 Å². The topological polar surface area (TPSA) is 0 Å². The van der Waals surface area contributed by atoms with E-state index < -0.39 is 0 Å². The molecule has 0 saturated heterocycles. The number of allylic oxidation sites excluding steroid dienone is 1. The minimum Gasteiger partial charge on any atom is -0.0801 e. The summed E-state index contributed by atoms with van der Waals surface area (Å²) in [5, 5.41) is 2.90. The van der Waals surface area contributed by atoms with E-state index in [-0.39, 0.29) is 0 Å². The quantitative estimate of drug-likeness (QED) is 0.462. The molecule has 0 N–H and O–H groups in total. The number of fused-ring (bicyclic) bond motifs is 2. The van der Waals surface area contributed by atoms with Crippen molar-refractivity contribution in [3.8, 4) is 11.1 Å². The Morgan fingerprint density at radius 1 is 0.880 bits per heavy atom. The molecular weight excluding hydrogens is 300 g/mol. The van der Waals surface area contributed by atoms with Crippen molar-refractivity contribution in [2.75, 3.05) is 0 Å². The van der Waals surface area contributed by atoms with Gasteiger partial charge in [0.25, 0.3) is 0 Å². The molecule has 124 valence electrons. The zero-order chi connectivity index (χ0) is 17.3. The highest BCUT2D eigenvalue weighted by molar-refractivity contribution is 6.04. The maximum Gasteiger partial charge on any atom is 0.0168 e. The van der Waals surface area contributed by atoms with Crippen LogP contribution in [0.15, 0.2) is 42.5 Å². The highest BCUT2D eigenvalue weighted by atomic mass is 14.4. The predicted molar refractivity (Wildman–Crippen MR) is 108 cm³/mol. The molecule has 2 aliphatic carbocycles. The minimum atomic E-state index is 0.484. The summed E-state index contributed by atoms with van der Waals surface area (Å²) in [6, 6.07) is 14.4. The van der Waals surface area contributed by atoms with Gasteiger partial charge in [-0.2, -0.15) is 0 Å². The van der Waals surface area contributed by atoms with E-state index in [9.17, 15) is 0 Å². The first kappa shape index (κ1) is 15.0. The number of hydrogen-bond acceptors (Lipinski definition) is 0. The van der Waals surface area contributed by atoms with Gasteiger partial charge >= 0.3 is 0 Å². The van der Waals surface area contributed by atoms with Gasteiger partial charge in [0.15, 0.2) is 0 Å². The molecule has 25 heavy (non-hydrogen) atoms. The second-order valence-electron chi connectivity index (χ2n) is 7.96. The number of aryl methyl sites for hydroxylation is 3. The van der Waals surface area contributed by atoms with E-state index in [1.54, 1.807) is 5.56 Å². The number of benzene rings is 3. The van der Waals surface area contributed by atoms with Gasteiger partial charge in [-0.3, -0.25) is 0 Å². The van der Waals surface area contributed by atoms with Gasteiger partial charge in [-0.25, -0.2) is 0 Å². The van der Waals surface area contributed by atoms with Gasteiger partial charge in [0.05, 0.1) is 0 Å². The molecule has 2 unspecified atom stereocenters. The Morgan fingerprint density at radius 2 is 1.68 bits per heavy atom. The Morgan fingerprint density at radius 3 is 2.48 bits per heavy atom. The molecule has 0 amide bonds. The average molecular weight is 324 g/mol. The van der Waals surface area contributed by atoms with Crippen molar-refractivity contribution in [3.63, 3.8) is 0 Å². The number of hydrogen-bond donors (Lipinski definition) is 0. The van der Waals surface area contributed by atoms with Crippen LogP contribution in [0.1, 0.15) is 53.1 Å². The lowest BCUT2D eigenvalue weighted by atomic mass is 9.67. The molecule has 5 rings (SSSR count). The van der Waals surface area contributed by atoms with Crippen molar-refractivity contribution in [2.45, 2.75) is 40.0 Å². The van der Waals surface area contributed by atoms with Gasteiger partial charge < -0.3 is 0 Å². The van der Waals surface area contributed by atoms with E-state index in [0.717, 1.165) is 6.42 Å². The second kappa shape index (κ2) is 5.08. The molecule has 2 aliphatic rings. The third kappa shape index (κ3) is 2.00. The van der Waals surface area contributed by atoms with E-state index in [1.165, 1.54) is 49.7 Å². The molecule has 0 bridgehead atoms. The largest absolute Gasteiger partial charge is 0.0801 e. The van der Waals surface area contributed by atoms with Gasteiger partial charge in [0.2, 0.25) is 0 Å². The van der Waals surface area contributed by atoms with Crippen LogP contribution in [-0.2, 0) is 6.42 Å². The van der Waals surface area contributed by atoms with Crippen LogP contribution in [0.4, 0.5) is 0 Å². The smallest absolute Gasteiger partial charge is 0.0168 e. The summed E-state index contributed by atoms with van der Waals surface area (Å²) < 4.78 is 0. The fourth-order valence-electron chi connectivity index (χ4n) is 5.03. The third-order valence-electron chi connectivity index (χ3n) is 6.09. The lowest BCUT2D eigenvalue weighted by Gasteiger charge is -2.36. The minimum absolute atomic E-state index is 0.484. The predicted octanol–water partition coefficient (Wildman–Crippen LogP) is 6.79. The molecule has 0 radical (unpaired) electrons. The van der Waals surface area contributed by atoms with E-state index >= 15 is 0 Å². The van der Waals surface area contributed by atoms with Crippen LogP contribution >= 0.6 is 0 Å². The lowest BCUT2D eigenvalue weighted by Crippen LogP contribution is -2.19. The maximum atomic E-state index is 2.44. The summed E-state index contributed by atoms with van der Waals surface area (Å²) in [5.41, 5.74) is 11.6. The first-order valence-electron chi connectivity index (χ1n) is 9.47. The number of rotatable bonds is 1. The molecule has 3 aromatic carbocycles. The first-order chi connectivity index (χ1) is 12.1. The molecule has 0 aromatic heterocycles. The zero-order valence-electron chi connectivity index (χ0n) is 15.5. The highest BCUT2D eigenvalue weighted by Crippen LogP contribution is 2.52.